The summed E-state index contributed by atoms with van der Waals surface area (Å²) in [7, 11) is 0. The molecule has 2 rings (SSSR count). The van der Waals surface area contributed by atoms with Gasteiger partial charge in [-0.15, -0.1) is 0 Å². The lowest BCUT2D eigenvalue weighted by molar-refractivity contribution is -0.0448. The molecule has 7 nitrogen and oxygen atoms in total. The van der Waals surface area contributed by atoms with Gasteiger partial charge in [-0.25, -0.2) is 15.2 Å². The Labute approximate surface area is 109 Å². The molecule has 0 aromatic carbocycles. The quantitative estimate of drug-likeness (QED) is 0.498. The lowest BCUT2D eigenvalue weighted by Crippen LogP contribution is -2.47. The van der Waals surface area contributed by atoms with Gasteiger partial charge in [0.15, 0.2) is 11.6 Å². The number of ether oxygens (including phenoxy) is 1. The highest BCUT2D eigenvalue weighted by molar-refractivity contribution is 5.95. The number of hydrazine groups is 1. The summed E-state index contributed by atoms with van der Waals surface area (Å²) in [6.07, 6.45) is 0.866. The number of morpholine rings is 1. The van der Waals surface area contributed by atoms with Gasteiger partial charge in [-0.3, -0.25) is 4.79 Å². The van der Waals surface area contributed by atoms with Gasteiger partial charge >= 0.3 is 0 Å². The number of carbonyl (C=O) groups excluding carboxylic acids is 1. The second-order valence-corrected chi connectivity index (χ2v) is 4.09. The zero-order chi connectivity index (χ0) is 13.8. The molecule has 8 heteroatoms. The molecule has 1 aromatic heterocycles. The lowest BCUT2D eigenvalue weighted by atomic mass is 10.2. The van der Waals surface area contributed by atoms with E-state index in [-0.39, 0.29) is 24.5 Å². The minimum Gasteiger partial charge on any atom is -0.394 e. The molecule has 1 aliphatic rings. The van der Waals surface area contributed by atoms with E-state index in [0.717, 1.165) is 0 Å². The number of aromatic nitrogens is 1. The normalized spacial score (nSPS) is 19.3. The number of hydrogen-bond donors (Lipinski definition) is 3. The summed E-state index contributed by atoms with van der Waals surface area (Å²) >= 11 is 0. The van der Waals surface area contributed by atoms with Gasteiger partial charge in [0.25, 0.3) is 5.91 Å². The van der Waals surface area contributed by atoms with Crippen LogP contribution in [0.15, 0.2) is 12.3 Å². The molecule has 1 aliphatic heterocycles. The minimum absolute atomic E-state index is 0.110. The number of nitrogen functional groups attached to an aromatic ring is 1. The number of aliphatic hydroxyl groups excluding tert-OH is 1. The Morgan fingerprint density at radius 2 is 2.53 bits per heavy atom. The number of aliphatic hydroxyl groups is 1. The van der Waals surface area contributed by atoms with Gasteiger partial charge in [0.05, 0.1) is 24.9 Å². The highest BCUT2D eigenvalue weighted by Crippen LogP contribution is 2.17. The third kappa shape index (κ3) is 2.80. The fraction of sp³-hybridized carbons (Fsp3) is 0.455. The molecule has 0 aliphatic carbocycles. The zero-order valence-corrected chi connectivity index (χ0v) is 10.2. The van der Waals surface area contributed by atoms with Crippen LogP contribution in [0.25, 0.3) is 0 Å². The number of amides is 1. The molecule has 1 unspecified atom stereocenters. The molecule has 0 spiro atoms. The Kier molecular flexibility index (Phi) is 4.25. The summed E-state index contributed by atoms with van der Waals surface area (Å²) in [6, 6.07) is 1.29. The van der Waals surface area contributed by atoms with Crippen molar-refractivity contribution < 1.29 is 19.0 Å². The second kappa shape index (κ2) is 5.91. The summed E-state index contributed by atoms with van der Waals surface area (Å²) in [6.45, 7) is 0.703. The highest BCUT2D eigenvalue weighted by Gasteiger charge is 2.27. The van der Waals surface area contributed by atoms with Crippen LogP contribution in [0, 0.1) is 5.82 Å². The molecule has 0 saturated carbocycles. The fourth-order valence-corrected chi connectivity index (χ4v) is 1.89. The highest BCUT2D eigenvalue weighted by atomic mass is 19.1. The molecular formula is C11H15FN4O3. The van der Waals surface area contributed by atoms with E-state index in [1.165, 1.54) is 17.2 Å². The molecule has 4 N–H and O–H groups in total. The largest absolute Gasteiger partial charge is 0.394 e. The van der Waals surface area contributed by atoms with E-state index < -0.39 is 17.8 Å². The Hall–Kier alpha value is -1.77. The van der Waals surface area contributed by atoms with E-state index in [0.29, 0.717) is 13.2 Å². The Morgan fingerprint density at radius 1 is 1.74 bits per heavy atom. The Balaban J connectivity index is 2.19. The van der Waals surface area contributed by atoms with Gasteiger partial charge in [-0.05, 0) is 6.07 Å². The van der Waals surface area contributed by atoms with Crippen LogP contribution in [-0.4, -0.2) is 53.3 Å². The number of halogens is 1. The van der Waals surface area contributed by atoms with Crippen molar-refractivity contribution >= 4 is 11.7 Å². The summed E-state index contributed by atoms with van der Waals surface area (Å²) in [4.78, 5) is 17.3. The molecule has 2 heterocycles. The molecule has 1 fully saturated rings. The second-order valence-electron chi connectivity index (χ2n) is 4.09. The Morgan fingerprint density at radius 3 is 3.21 bits per heavy atom. The molecule has 1 aromatic rings. The van der Waals surface area contributed by atoms with Crippen LogP contribution in [0.4, 0.5) is 10.2 Å². The van der Waals surface area contributed by atoms with E-state index >= 15 is 0 Å². The van der Waals surface area contributed by atoms with Crippen molar-refractivity contribution in [1.29, 1.82) is 0 Å². The van der Waals surface area contributed by atoms with E-state index in [9.17, 15) is 9.18 Å². The summed E-state index contributed by atoms with van der Waals surface area (Å²) < 4.78 is 19.2. The van der Waals surface area contributed by atoms with Gasteiger partial charge in [0.1, 0.15) is 0 Å². The van der Waals surface area contributed by atoms with Gasteiger partial charge in [-0.2, -0.15) is 0 Å². The van der Waals surface area contributed by atoms with Crippen molar-refractivity contribution in [1.82, 2.24) is 9.88 Å². The summed E-state index contributed by atoms with van der Waals surface area (Å²) in [5, 5.41) is 9.02. The van der Waals surface area contributed by atoms with Gasteiger partial charge < -0.3 is 20.2 Å². The first-order valence-corrected chi connectivity index (χ1v) is 5.80. The van der Waals surface area contributed by atoms with Crippen LogP contribution in [0.5, 0.6) is 0 Å². The predicted molar refractivity (Wildman–Crippen MR) is 64.7 cm³/mol. The average molecular weight is 270 g/mol. The number of hydrogen-bond acceptors (Lipinski definition) is 6. The maximum atomic E-state index is 13.9. The van der Waals surface area contributed by atoms with Crippen molar-refractivity contribution in [3.05, 3.63) is 23.6 Å². The Bertz CT molecular complexity index is 471. The van der Waals surface area contributed by atoms with Crippen molar-refractivity contribution in [2.45, 2.75) is 6.10 Å². The molecule has 0 bridgehead atoms. The number of rotatable bonds is 3. The predicted octanol–water partition coefficient (Wildman–Crippen LogP) is -0.660. The van der Waals surface area contributed by atoms with Crippen LogP contribution < -0.4 is 11.3 Å². The van der Waals surface area contributed by atoms with Crippen LogP contribution in [0.2, 0.25) is 0 Å². The molecule has 104 valence electrons. The number of pyridine rings is 1. The van der Waals surface area contributed by atoms with E-state index in [1.54, 1.807) is 0 Å². The first kappa shape index (κ1) is 13.7. The van der Waals surface area contributed by atoms with Gasteiger partial charge in [-0.1, -0.05) is 0 Å². The molecule has 1 saturated heterocycles. The standard InChI is InChI=1S/C11H15FN4O3/c12-9-8(1-2-14-10(9)15-13)11(18)16-3-4-19-7(5-16)6-17/h1-2,7,17H,3-6,13H2,(H,14,15). The first-order chi connectivity index (χ1) is 9.17. The minimum atomic E-state index is -0.790. The van der Waals surface area contributed by atoms with E-state index in [4.69, 9.17) is 15.7 Å². The molecule has 0 radical (unpaired) electrons. The van der Waals surface area contributed by atoms with Crippen LogP contribution >= 0.6 is 0 Å². The molecular weight excluding hydrogens is 255 g/mol. The topological polar surface area (TPSA) is 101 Å². The van der Waals surface area contributed by atoms with E-state index in [2.05, 4.69) is 10.4 Å². The third-order valence-corrected chi connectivity index (χ3v) is 2.89. The first-order valence-electron chi connectivity index (χ1n) is 5.80. The van der Waals surface area contributed by atoms with Crippen molar-refractivity contribution in [3.63, 3.8) is 0 Å². The van der Waals surface area contributed by atoms with Crippen LogP contribution in [0.1, 0.15) is 10.4 Å². The maximum absolute atomic E-state index is 13.9. The number of nitrogens with two attached hydrogens (primary N) is 1. The molecule has 1 amide bonds. The fourth-order valence-electron chi connectivity index (χ4n) is 1.89. The molecule has 1 atom stereocenters. The van der Waals surface area contributed by atoms with Crippen molar-refractivity contribution in [2.24, 2.45) is 5.84 Å². The van der Waals surface area contributed by atoms with Crippen LogP contribution in [-0.2, 0) is 4.74 Å². The van der Waals surface area contributed by atoms with E-state index in [1.807, 2.05) is 0 Å². The summed E-state index contributed by atoms with van der Waals surface area (Å²) in [5.41, 5.74) is 1.98. The zero-order valence-electron chi connectivity index (χ0n) is 10.2. The van der Waals surface area contributed by atoms with Crippen LogP contribution in [0.3, 0.4) is 0 Å². The number of carbonyl (C=O) groups is 1. The maximum Gasteiger partial charge on any atom is 0.257 e. The monoisotopic (exact) mass is 270 g/mol. The van der Waals surface area contributed by atoms with Crippen molar-refractivity contribution in [2.75, 3.05) is 31.7 Å². The number of nitrogens with one attached hydrogen (secondary N) is 1. The van der Waals surface area contributed by atoms with Gasteiger partial charge in [0, 0.05) is 19.3 Å². The smallest absolute Gasteiger partial charge is 0.257 e. The summed E-state index contributed by atoms with van der Waals surface area (Å²) in [5.74, 6) is 3.66. The van der Waals surface area contributed by atoms with Crippen molar-refractivity contribution in [3.8, 4) is 0 Å². The lowest BCUT2D eigenvalue weighted by Gasteiger charge is -2.32. The third-order valence-electron chi connectivity index (χ3n) is 2.89. The average Bonchev–Trinajstić information content (AvgIpc) is 2.47. The SMILES string of the molecule is NNc1nccc(C(=O)N2CCOC(CO)C2)c1F. The van der Waals surface area contributed by atoms with Gasteiger partial charge in [0.2, 0.25) is 0 Å². The number of nitrogens with zero attached hydrogens (tertiary/aromatic N) is 2. The number of anilines is 1. The molecule has 19 heavy (non-hydrogen) atoms.